The number of nitrogens with one attached hydrogen (secondary N) is 2. The van der Waals surface area contributed by atoms with Crippen molar-refractivity contribution >= 4 is 37.6 Å². The van der Waals surface area contributed by atoms with Gasteiger partial charge in [-0.3, -0.25) is 9.59 Å². The lowest BCUT2D eigenvalue weighted by Crippen LogP contribution is -2.55. The number of amides is 1. The van der Waals surface area contributed by atoms with Gasteiger partial charge in [-0.2, -0.15) is 4.31 Å². The van der Waals surface area contributed by atoms with Gasteiger partial charge in [-0.15, -0.1) is 0 Å². The average Bonchev–Trinajstić information content (AvgIpc) is 3.22. The first-order valence-electron chi connectivity index (χ1n) is 11.2. The number of hydrogen-bond acceptors (Lipinski definition) is 5. The molecule has 1 amide bonds. The number of H-pyrrole nitrogens is 1. The van der Waals surface area contributed by atoms with Crippen LogP contribution in [0.4, 0.5) is 0 Å². The number of carbonyl (C=O) groups excluding carboxylic acids is 1. The van der Waals surface area contributed by atoms with Crippen molar-refractivity contribution in [3.05, 3.63) is 82.6 Å². The number of carbonyl (C=O) groups is 1. The molecule has 1 aliphatic rings. The fraction of sp³-hybridized carbons (Fsp3) is 0.231. The van der Waals surface area contributed by atoms with Crippen molar-refractivity contribution in [3.8, 4) is 5.75 Å². The molecule has 0 radical (unpaired) electrons. The molecule has 0 saturated carbocycles. The number of likely N-dealkylation sites (N-methyl/N-ethyl adjacent to an activating group) is 1. The Labute approximate surface area is 202 Å². The van der Waals surface area contributed by atoms with Gasteiger partial charge in [0.2, 0.25) is 21.5 Å². The van der Waals surface area contributed by atoms with Crippen molar-refractivity contribution in [1.82, 2.24) is 14.6 Å². The Morgan fingerprint density at radius 2 is 1.69 bits per heavy atom. The van der Waals surface area contributed by atoms with Crippen LogP contribution in [-0.4, -0.2) is 49.9 Å². The van der Waals surface area contributed by atoms with Crippen LogP contribution in [0.5, 0.6) is 5.75 Å². The molecule has 1 fully saturated rings. The van der Waals surface area contributed by atoms with Crippen molar-refractivity contribution in [2.75, 3.05) is 20.7 Å². The predicted molar refractivity (Wildman–Crippen MR) is 134 cm³/mol. The predicted octanol–water partition coefficient (Wildman–Crippen LogP) is 2.81. The van der Waals surface area contributed by atoms with E-state index >= 15 is 0 Å². The maximum atomic E-state index is 13.8. The Morgan fingerprint density at radius 3 is 2.43 bits per heavy atom. The number of hydrogen-bond donors (Lipinski definition) is 2. The summed E-state index contributed by atoms with van der Waals surface area (Å²) >= 11 is 0. The number of ether oxygens (including phenoxy) is 1. The van der Waals surface area contributed by atoms with Crippen LogP contribution in [0.15, 0.2) is 76.4 Å². The Hall–Kier alpha value is -3.69. The van der Waals surface area contributed by atoms with Crippen LogP contribution in [0.2, 0.25) is 0 Å². The van der Waals surface area contributed by atoms with Crippen molar-refractivity contribution < 1.29 is 17.9 Å². The van der Waals surface area contributed by atoms with E-state index in [1.807, 2.05) is 24.3 Å². The molecule has 1 aromatic heterocycles. The number of aromatic nitrogens is 1. The summed E-state index contributed by atoms with van der Waals surface area (Å²) in [5.74, 6) is 0.286. The molecule has 1 aliphatic heterocycles. The van der Waals surface area contributed by atoms with Gasteiger partial charge in [-0.05, 0) is 64.5 Å². The number of pyridine rings is 1. The maximum absolute atomic E-state index is 13.8. The molecule has 0 bridgehead atoms. The van der Waals surface area contributed by atoms with E-state index in [-0.39, 0.29) is 22.8 Å². The molecule has 0 unspecified atom stereocenters. The number of sulfonamides is 1. The number of rotatable bonds is 6. The van der Waals surface area contributed by atoms with E-state index in [1.54, 1.807) is 43.5 Å². The van der Waals surface area contributed by atoms with Gasteiger partial charge in [0.1, 0.15) is 11.3 Å². The zero-order valence-electron chi connectivity index (χ0n) is 19.4. The van der Waals surface area contributed by atoms with Crippen LogP contribution in [0, 0.1) is 0 Å². The van der Waals surface area contributed by atoms with Crippen molar-refractivity contribution in [1.29, 1.82) is 0 Å². The highest BCUT2D eigenvalue weighted by Crippen LogP contribution is 2.34. The number of nitrogens with zero attached hydrogens (tertiary/aromatic N) is 1. The average molecular weight is 492 g/mol. The fourth-order valence-corrected chi connectivity index (χ4v) is 6.30. The van der Waals surface area contributed by atoms with Gasteiger partial charge in [0.25, 0.3) is 0 Å². The van der Waals surface area contributed by atoms with Gasteiger partial charge in [0, 0.05) is 31.6 Å². The van der Waals surface area contributed by atoms with Gasteiger partial charge in [-0.1, -0.05) is 24.3 Å². The summed E-state index contributed by atoms with van der Waals surface area (Å²) in [7, 11) is -1.01. The third-order valence-corrected chi connectivity index (χ3v) is 8.73. The Balaban J connectivity index is 1.56. The second kappa shape index (κ2) is 8.51. The summed E-state index contributed by atoms with van der Waals surface area (Å²) in [4.78, 5) is 27.8. The number of aromatic amines is 1. The SMILES string of the molecule is COc1ccc2ccc(S(=O)(=O)N(C)[C@@]3(Cc4ccc5ccc(=O)[nH]c5c4)CCNC3=O)cc2c1. The number of fused-ring (bicyclic) bond motifs is 2. The summed E-state index contributed by atoms with van der Waals surface area (Å²) in [6, 6.07) is 19.1. The van der Waals surface area contributed by atoms with Gasteiger partial charge in [-0.25, -0.2) is 8.42 Å². The first-order chi connectivity index (χ1) is 16.7. The molecule has 4 aromatic rings. The third kappa shape index (κ3) is 3.96. The van der Waals surface area contributed by atoms with Crippen LogP contribution in [0.1, 0.15) is 12.0 Å². The highest BCUT2D eigenvalue weighted by atomic mass is 32.2. The van der Waals surface area contributed by atoms with E-state index in [4.69, 9.17) is 4.74 Å². The molecule has 8 nitrogen and oxygen atoms in total. The topological polar surface area (TPSA) is 109 Å². The van der Waals surface area contributed by atoms with Crippen molar-refractivity contribution in [3.63, 3.8) is 0 Å². The number of benzene rings is 3. The maximum Gasteiger partial charge on any atom is 0.248 e. The van der Waals surface area contributed by atoms with Crippen LogP contribution < -0.4 is 15.6 Å². The van der Waals surface area contributed by atoms with E-state index in [1.165, 1.54) is 17.4 Å². The van der Waals surface area contributed by atoms with Gasteiger partial charge < -0.3 is 15.0 Å². The third-order valence-electron chi connectivity index (χ3n) is 6.81. The molecule has 1 saturated heterocycles. The van der Waals surface area contributed by atoms with E-state index in [2.05, 4.69) is 10.3 Å². The Kier molecular flexibility index (Phi) is 5.61. The minimum absolute atomic E-state index is 0.0997. The Morgan fingerprint density at radius 1 is 0.943 bits per heavy atom. The molecular formula is C26H25N3O5S. The lowest BCUT2D eigenvalue weighted by Gasteiger charge is -2.35. The Bertz CT molecular complexity index is 1630. The normalized spacial score (nSPS) is 18.3. The van der Waals surface area contributed by atoms with Gasteiger partial charge >= 0.3 is 0 Å². The smallest absolute Gasteiger partial charge is 0.248 e. The monoisotopic (exact) mass is 491 g/mol. The molecule has 5 rings (SSSR count). The van der Waals surface area contributed by atoms with E-state index < -0.39 is 15.6 Å². The standard InChI is InChI=1S/C26H25N3O5S/c1-29(35(32,33)22-9-6-18-5-8-21(34-2)14-20(18)15-22)26(11-12-27-25(26)31)16-17-3-4-19-7-10-24(30)28-23(19)13-17/h3-10,13-15H,11-12,16H2,1-2H3,(H,27,31)(H,28,30)/t26-/m1/s1. The lowest BCUT2D eigenvalue weighted by atomic mass is 9.89. The summed E-state index contributed by atoms with van der Waals surface area (Å²) in [6.07, 6.45) is 0.495. The summed E-state index contributed by atoms with van der Waals surface area (Å²) in [6.45, 7) is 0.373. The molecular weight excluding hydrogens is 466 g/mol. The van der Waals surface area contributed by atoms with Crippen molar-refractivity contribution in [2.45, 2.75) is 23.3 Å². The van der Waals surface area contributed by atoms with Gasteiger partial charge in [0.15, 0.2) is 0 Å². The summed E-state index contributed by atoms with van der Waals surface area (Å²) < 4.78 is 34.0. The van der Waals surface area contributed by atoms with E-state index in [9.17, 15) is 18.0 Å². The van der Waals surface area contributed by atoms with Crippen LogP contribution in [0.3, 0.4) is 0 Å². The quantitative estimate of drug-likeness (QED) is 0.431. The summed E-state index contributed by atoms with van der Waals surface area (Å²) in [5.41, 5.74) is -0.139. The fourth-order valence-electron chi connectivity index (χ4n) is 4.76. The molecule has 180 valence electrons. The van der Waals surface area contributed by atoms with Gasteiger partial charge in [0.05, 0.1) is 12.0 Å². The minimum Gasteiger partial charge on any atom is -0.497 e. The zero-order valence-corrected chi connectivity index (χ0v) is 20.2. The molecule has 9 heteroatoms. The van der Waals surface area contributed by atoms with Crippen molar-refractivity contribution in [2.24, 2.45) is 0 Å². The molecule has 3 aromatic carbocycles. The number of methoxy groups -OCH3 is 1. The molecule has 35 heavy (non-hydrogen) atoms. The van der Waals surface area contributed by atoms with E-state index in [0.717, 1.165) is 21.7 Å². The molecule has 0 aliphatic carbocycles. The highest BCUT2D eigenvalue weighted by molar-refractivity contribution is 7.89. The van der Waals surface area contributed by atoms with Crippen LogP contribution in [-0.2, 0) is 21.2 Å². The van der Waals surface area contributed by atoms with Crippen LogP contribution >= 0.6 is 0 Å². The van der Waals surface area contributed by atoms with E-state index in [0.29, 0.717) is 24.2 Å². The molecule has 1 atom stereocenters. The zero-order chi connectivity index (χ0) is 24.8. The molecule has 2 heterocycles. The molecule has 2 N–H and O–H groups in total. The second-order valence-corrected chi connectivity index (χ2v) is 10.8. The second-order valence-electron chi connectivity index (χ2n) is 8.81. The largest absolute Gasteiger partial charge is 0.497 e. The first-order valence-corrected chi connectivity index (χ1v) is 12.6. The highest BCUT2D eigenvalue weighted by Gasteiger charge is 2.50. The summed E-state index contributed by atoms with van der Waals surface area (Å²) in [5, 5.41) is 5.26. The lowest BCUT2D eigenvalue weighted by molar-refractivity contribution is -0.126. The van der Waals surface area contributed by atoms with Crippen LogP contribution in [0.25, 0.3) is 21.7 Å². The first kappa shape index (κ1) is 23.1. The minimum atomic E-state index is -4.02. The molecule has 0 spiro atoms.